The van der Waals surface area contributed by atoms with Gasteiger partial charge < -0.3 is 5.32 Å². The molecular formula is C12H18N6S. The average Bonchev–Trinajstić information content (AvgIpc) is 2.41. The zero-order valence-electron chi connectivity index (χ0n) is 11.3. The van der Waals surface area contributed by atoms with Gasteiger partial charge in [-0.25, -0.2) is 0 Å². The van der Waals surface area contributed by atoms with E-state index in [4.69, 9.17) is 0 Å². The van der Waals surface area contributed by atoms with Crippen molar-refractivity contribution in [1.29, 1.82) is 0 Å². The van der Waals surface area contributed by atoms with Crippen LogP contribution in [0.15, 0.2) is 56.4 Å². The summed E-state index contributed by atoms with van der Waals surface area (Å²) >= 11 is 1.57. The molecule has 0 amide bonds. The Hall–Kier alpha value is -1.89. The highest BCUT2D eigenvalue weighted by Gasteiger charge is 1.91. The van der Waals surface area contributed by atoms with Crippen LogP contribution in [-0.2, 0) is 0 Å². The Morgan fingerprint density at radius 3 is 2.37 bits per heavy atom. The number of nitrogens with zero attached hydrogens (tertiary/aromatic N) is 5. The molecule has 7 heteroatoms. The van der Waals surface area contributed by atoms with Crippen LogP contribution in [0.5, 0.6) is 0 Å². The van der Waals surface area contributed by atoms with Crippen LogP contribution in [0.3, 0.4) is 0 Å². The molecule has 19 heavy (non-hydrogen) atoms. The maximum absolute atomic E-state index is 4.11. The minimum atomic E-state index is 0.597. The van der Waals surface area contributed by atoms with Crippen LogP contribution in [0.2, 0.25) is 0 Å². The summed E-state index contributed by atoms with van der Waals surface area (Å²) in [5.74, 6) is 0.597. The van der Waals surface area contributed by atoms with E-state index in [2.05, 4.69) is 25.9 Å². The first-order chi connectivity index (χ1) is 9.22. The molecule has 0 aliphatic heterocycles. The molecule has 0 unspecified atom stereocenters. The Morgan fingerprint density at radius 1 is 1.16 bits per heavy atom. The molecule has 1 aromatic rings. The van der Waals surface area contributed by atoms with Gasteiger partial charge in [-0.2, -0.15) is 10.2 Å². The molecule has 0 radical (unpaired) electrons. The van der Waals surface area contributed by atoms with Gasteiger partial charge in [0.05, 0.1) is 11.4 Å². The minimum absolute atomic E-state index is 0.597. The highest BCUT2D eigenvalue weighted by Crippen LogP contribution is 2.19. The lowest BCUT2D eigenvalue weighted by Gasteiger charge is -2.00. The smallest absolute Gasteiger partial charge is 0.110 e. The second kappa shape index (κ2) is 9.09. The molecule has 0 fully saturated rings. The molecule has 0 saturated heterocycles. The average molecular weight is 278 g/mol. The van der Waals surface area contributed by atoms with Crippen molar-refractivity contribution in [3.8, 4) is 0 Å². The molecule has 1 rings (SSSR count). The van der Waals surface area contributed by atoms with E-state index in [0.717, 1.165) is 11.4 Å². The van der Waals surface area contributed by atoms with Crippen molar-refractivity contribution >= 4 is 23.1 Å². The van der Waals surface area contributed by atoms with Crippen molar-refractivity contribution in [3.05, 3.63) is 35.9 Å². The fourth-order valence-corrected chi connectivity index (χ4v) is 1.47. The second-order valence-corrected chi connectivity index (χ2v) is 4.55. The van der Waals surface area contributed by atoms with Crippen molar-refractivity contribution in [2.45, 2.75) is 0 Å². The number of hydrogen-bond acceptors (Lipinski definition) is 6. The van der Waals surface area contributed by atoms with E-state index in [1.165, 1.54) is 0 Å². The molecular weight excluding hydrogens is 260 g/mol. The highest BCUT2D eigenvalue weighted by atomic mass is 32.2. The largest absolute Gasteiger partial charge is 0.394 e. The van der Waals surface area contributed by atoms with Gasteiger partial charge in [0.1, 0.15) is 5.88 Å². The van der Waals surface area contributed by atoms with Gasteiger partial charge in [0, 0.05) is 27.3 Å². The summed E-state index contributed by atoms with van der Waals surface area (Å²) < 4.78 is 0. The monoisotopic (exact) mass is 278 g/mol. The van der Waals surface area contributed by atoms with Crippen LogP contribution in [0.25, 0.3) is 0 Å². The predicted molar refractivity (Wildman–Crippen MR) is 79.8 cm³/mol. The number of thioether (sulfide) groups is 1. The van der Waals surface area contributed by atoms with Crippen LogP contribution in [0.1, 0.15) is 0 Å². The number of azo groups is 1. The topological polar surface area (TPSA) is 64.7 Å². The summed E-state index contributed by atoms with van der Waals surface area (Å²) in [4.78, 5) is 0. The summed E-state index contributed by atoms with van der Waals surface area (Å²) in [6.07, 6.45) is 1.85. The normalized spacial score (nSPS) is 11.7. The molecule has 0 spiro atoms. The zero-order chi connectivity index (χ0) is 13.9. The molecule has 6 nitrogen and oxygen atoms in total. The molecule has 0 aromatic heterocycles. The molecule has 1 aromatic carbocycles. The molecule has 0 saturated carbocycles. The standard InChI is InChI=1S/C12H18N6S/c1-13-8-9-19-10-14-15-11-4-6-12(7-5-11)16-17-18(2)3/h4-9,13H,10H2,1-3H3/b9-8-,15-14?,17-16?. The molecule has 0 atom stereocenters. The highest BCUT2D eigenvalue weighted by molar-refractivity contribution is 8.02. The fraction of sp³-hybridized carbons (Fsp3) is 0.333. The molecule has 0 heterocycles. The van der Waals surface area contributed by atoms with Gasteiger partial charge in [-0.3, -0.25) is 5.01 Å². The number of rotatable bonds is 7. The first-order valence-corrected chi connectivity index (χ1v) is 6.77. The minimum Gasteiger partial charge on any atom is -0.394 e. The maximum Gasteiger partial charge on any atom is 0.110 e. The van der Waals surface area contributed by atoms with Gasteiger partial charge in [0.15, 0.2) is 0 Å². The summed E-state index contributed by atoms with van der Waals surface area (Å²) in [5, 5.41) is 22.6. The lowest BCUT2D eigenvalue weighted by molar-refractivity contribution is 0.408. The molecule has 0 bridgehead atoms. The number of benzene rings is 1. The Balaban J connectivity index is 2.43. The Bertz CT molecular complexity index is 438. The van der Waals surface area contributed by atoms with Gasteiger partial charge in [-0.15, -0.1) is 16.9 Å². The van der Waals surface area contributed by atoms with Crippen molar-refractivity contribution in [1.82, 2.24) is 10.3 Å². The van der Waals surface area contributed by atoms with Crippen LogP contribution in [-0.4, -0.2) is 32.0 Å². The maximum atomic E-state index is 4.11. The van der Waals surface area contributed by atoms with E-state index in [1.54, 1.807) is 16.8 Å². The van der Waals surface area contributed by atoms with E-state index >= 15 is 0 Å². The first-order valence-electron chi connectivity index (χ1n) is 5.73. The Kier molecular flexibility index (Phi) is 7.26. The van der Waals surface area contributed by atoms with Gasteiger partial charge in [0.2, 0.25) is 0 Å². The lowest BCUT2D eigenvalue weighted by Crippen LogP contribution is -1.98. The zero-order valence-corrected chi connectivity index (χ0v) is 12.1. The summed E-state index contributed by atoms with van der Waals surface area (Å²) in [7, 11) is 5.51. The van der Waals surface area contributed by atoms with E-state index < -0.39 is 0 Å². The van der Waals surface area contributed by atoms with E-state index in [1.807, 2.05) is 57.0 Å². The third-order valence-corrected chi connectivity index (χ3v) is 2.43. The Morgan fingerprint density at radius 2 is 1.79 bits per heavy atom. The van der Waals surface area contributed by atoms with Crippen LogP contribution in [0, 0.1) is 0 Å². The molecule has 0 aliphatic rings. The molecule has 0 aliphatic carbocycles. The van der Waals surface area contributed by atoms with Crippen LogP contribution >= 0.6 is 11.8 Å². The third kappa shape index (κ3) is 7.20. The molecule has 102 valence electrons. The van der Waals surface area contributed by atoms with Crippen LogP contribution in [0.4, 0.5) is 11.4 Å². The lowest BCUT2D eigenvalue weighted by atomic mass is 10.3. The van der Waals surface area contributed by atoms with Crippen molar-refractivity contribution in [3.63, 3.8) is 0 Å². The van der Waals surface area contributed by atoms with Gasteiger partial charge in [-0.05, 0) is 29.7 Å². The van der Waals surface area contributed by atoms with Crippen molar-refractivity contribution in [2.75, 3.05) is 27.0 Å². The number of hydrogen-bond donors (Lipinski definition) is 1. The summed E-state index contributed by atoms with van der Waals surface area (Å²) in [6.45, 7) is 0. The van der Waals surface area contributed by atoms with Gasteiger partial charge in [-0.1, -0.05) is 5.22 Å². The van der Waals surface area contributed by atoms with Gasteiger partial charge >= 0.3 is 0 Å². The quantitative estimate of drug-likeness (QED) is 0.469. The second-order valence-electron chi connectivity index (χ2n) is 3.68. The summed E-state index contributed by atoms with van der Waals surface area (Å²) in [6, 6.07) is 7.44. The third-order valence-electron chi connectivity index (χ3n) is 1.84. The first kappa shape index (κ1) is 15.2. The van der Waals surface area contributed by atoms with Gasteiger partial charge in [0.25, 0.3) is 0 Å². The summed E-state index contributed by atoms with van der Waals surface area (Å²) in [5.41, 5.74) is 1.60. The fourth-order valence-electron chi connectivity index (χ4n) is 1.03. The van der Waals surface area contributed by atoms with Crippen molar-refractivity contribution in [2.24, 2.45) is 20.6 Å². The van der Waals surface area contributed by atoms with E-state index in [0.29, 0.717) is 5.88 Å². The SMILES string of the molecule is CN/C=C\SCN=Nc1ccc(N=NN(C)C)cc1. The van der Waals surface area contributed by atoms with E-state index in [-0.39, 0.29) is 0 Å². The van der Waals surface area contributed by atoms with Crippen molar-refractivity contribution < 1.29 is 0 Å². The Labute approximate surface area is 117 Å². The number of nitrogens with one attached hydrogen (secondary N) is 1. The van der Waals surface area contributed by atoms with Crippen LogP contribution < -0.4 is 5.32 Å². The van der Waals surface area contributed by atoms with E-state index in [9.17, 15) is 0 Å². The predicted octanol–water partition coefficient (Wildman–Crippen LogP) is 3.71. The molecule has 1 N–H and O–H groups in total.